The molecule has 0 spiro atoms. The van der Waals surface area contributed by atoms with Gasteiger partial charge in [-0.2, -0.15) is 5.26 Å². The van der Waals surface area contributed by atoms with Crippen LogP contribution in [0.3, 0.4) is 0 Å². The lowest BCUT2D eigenvalue weighted by Crippen LogP contribution is -2.57. The minimum Gasteiger partial charge on any atom is -0.444 e. The summed E-state index contributed by atoms with van der Waals surface area (Å²) in [7, 11) is 0. The summed E-state index contributed by atoms with van der Waals surface area (Å²) < 4.78 is 25.0. The highest BCUT2D eigenvalue weighted by Gasteiger charge is 2.40. The van der Waals surface area contributed by atoms with E-state index in [1.165, 1.54) is 6.07 Å². The molecule has 0 aliphatic carbocycles. The average Bonchev–Trinajstić information content (AvgIpc) is 2.51. The lowest BCUT2D eigenvalue weighted by molar-refractivity contribution is -0.0510. The lowest BCUT2D eigenvalue weighted by Gasteiger charge is -2.44. The molecule has 6 heteroatoms. The predicted octanol–water partition coefficient (Wildman–Crippen LogP) is 3.49. The second kappa shape index (κ2) is 6.49. The molecule has 1 fully saturated rings. The Morgan fingerprint density at radius 1 is 1.40 bits per heavy atom. The first-order chi connectivity index (χ1) is 11.8. The fourth-order valence-electron chi connectivity index (χ4n) is 3.30. The second-order valence-corrected chi connectivity index (χ2v) is 7.32. The van der Waals surface area contributed by atoms with Gasteiger partial charge in [0.15, 0.2) is 0 Å². The van der Waals surface area contributed by atoms with Crippen LogP contribution in [0.5, 0.6) is 0 Å². The van der Waals surface area contributed by atoms with Crippen molar-refractivity contribution in [1.29, 1.82) is 5.26 Å². The van der Waals surface area contributed by atoms with Crippen molar-refractivity contribution in [3.63, 3.8) is 0 Å². The van der Waals surface area contributed by atoms with Gasteiger partial charge in [-0.1, -0.05) is 18.2 Å². The maximum atomic E-state index is 13.9. The SMILES string of the molecule is CC(C)(C)OC(=O)N1C2C=C(c3cccc(F)c3C#N)CC1COC2. The van der Waals surface area contributed by atoms with Crippen LogP contribution in [0.1, 0.15) is 38.3 Å². The normalized spacial score (nSPS) is 22.8. The van der Waals surface area contributed by atoms with E-state index in [-0.39, 0.29) is 23.7 Å². The summed E-state index contributed by atoms with van der Waals surface area (Å²) in [4.78, 5) is 14.3. The highest BCUT2D eigenvalue weighted by molar-refractivity contribution is 5.76. The number of fused-ring (bicyclic) bond motifs is 2. The molecule has 3 rings (SSSR count). The fraction of sp³-hybridized carbons (Fsp3) is 0.474. The Bertz CT molecular complexity index is 761. The summed E-state index contributed by atoms with van der Waals surface area (Å²) in [5, 5.41) is 9.27. The van der Waals surface area contributed by atoms with Crippen LogP contribution >= 0.6 is 0 Å². The predicted molar refractivity (Wildman–Crippen MR) is 90.2 cm³/mol. The molecule has 2 aliphatic rings. The van der Waals surface area contributed by atoms with Gasteiger partial charge in [-0.05, 0) is 44.4 Å². The van der Waals surface area contributed by atoms with Gasteiger partial charge < -0.3 is 9.47 Å². The number of nitrogens with zero attached hydrogens (tertiary/aromatic N) is 2. The summed E-state index contributed by atoms with van der Waals surface area (Å²) in [5.74, 6) is -0.531. The van der Waals surface area contributed by atoms with Gasteiger partial charge in [0.2, 0.25) is 0 Å². The number of rotatable bonds is 1. The lowest BCUT2D eigenvalue weighted by atomic mass is 9.88. The molecule has 2 aliphatic heterocycles. The molecule has 132 valence electrons. The van der Waals surface area contributed by atoms with E-state index in [2.05, 4.69) is 0 Å². The van der Waals surface area contributed by atoms with Gasteiger partial charge in [0.05, 0.1) is 30.9 Å². The summed E-state index contributed by atoms with van der Waals surface area (Å²) in [6.45, 7) is 6.23. The smallest absolute Gasteiger partial charge is 0.411 e. The van der Waals surface area contributed by atoms with E-state index < -0.39 is 11.4 Å². The quantitative estimate of drug-likeness (QED) is 0.782. The van der Waals surface area contributed by atoms with Crippen LogP contribution < -0.4 is 0 Å². The zero-order chi connectivity index (χ0) is 18.2. The van der Waals surface area contributed by atoms with E-state index in [4.69, 9.17) is 9.47 Å². The molecular formula is C19H21FN2O3. The van der Waals surface area contributed by atoms with E-state index in [0.717, 1.165) is 5.57 Å². The van der Waals surface area contributed by atoms with Gasteiger partial charge in [-0.25, -0.2) is 9.18 Å². The van der Waals surface area contributed by atoms with E-state index >= 15 is 0 Å². The van der Waals surface area contributed by atoms with Crippen LogP contribution in [0, 0.1) is 17.1 Å². The molecule has 1 aromatic carbocycles. The number of morpholine rings is 1. The maximum Gasteiger partial charge on any atom is 0.411 e. The maximum absolute atomic E-state index is 13.9. The standard InChI is InChI=1S/C19H21FN2O3/c1-19(2,3)25-18(23)22-13-7-12(8-14(22)11-24-10-13)15-5-4-6-17(20)16(15)9-21/h4-7,13-14H,8,10-11H2,1-3H3. The van der Waals surface area contributed by atoms with Gasteiger partial charge in [0.25, 0.3) is 0 Å². The van der Waals surface area contributed by atoms with Gasteiger partial charge in [-0.15, -0.1) is 0 Å². The van der Waals surface area contributed by atoms with Crippen LogP contribution in [-0.4, -0.2) is 41.9 Å². The number of hydrogen-bond acceptors (Lipinski definition) is 4. The Labute approximate surface area is 146 Å². The van der Waals surface area contributed by atoms with Crippen LogP contribution in [0.25, 0.3) is 5.57 Å². The van der Waals surface area contributed by atoms with Crippen LogP contribution in [-0.2, 0) is 9.47 Å². The van der Waals surface area contributed by atoms with E-state index in [1.807, 2.05) is 32.9 Å². The minimum absolute atomic E-state index is 0.0402. The van der Waals surface area contributed by atoms with Crippen molar-refractivity contribution in [1.82, 2.24) is 4.90 Å². The number of nitriles is 1. The Balaban J connectivity index is 1.94. The number of hydrogen-bond donors (Lipinski definition) is 0. The van der Waals surface area contributed by atoms with Crippen molar-refractivity contribution in [2.45, 2.75) is 44.9 Å². The molecule has 1 amide bonds. The first-order valence-electron chi connectivity index (χ1n) is 8.29. The zero-order valence-electron chi connectivity index (χ0n) is 14.6. The number of ether oxygens (including phenoxy) is 2. The number of carbonyl (C=O) groups is 1. The van der Waals surface area contributed by atoms with Crippen molar-refractivity contribution in [2.24, 2.45) is 0 Å². The van der Waals surface area contributed by atoms with Crippen LogP contribution in [0.2, 0.25) is 0 Å². The van der Waals surface area contributed by atoms with Gasteiger partial charge in [-0.3, -0.25) is 4.90 Å². The molecule has 2 unspecified atom stereocenters. The Kier molecular flexibility index (Phi) is 4.53. The molecule has 2 heterocycles. The molecule has 0 radical (unpaired) electrons. The molecule has 0 N–H and O–H groups in total. The van der Waals surface area contributed by atoms with Crippen molar-refractivity contribution in [3.05, 3.63) is 41.2 Å². The van der Waals surface area contributed by atoms with Crippen molar-refractivity contribution in [2.75, 3.05) is 13.2 Å². The van der Waals surface area contributed by atoms with Gasteiger partial charge in [0, 0.05) is 0 Å². The van der Waals surface area contributed by atoms with E-state index in [9.17, 15) is 14.4 Å². The number of amides is 1. The Morgan fingerprint density at radius 2 is 2.16 bits per heavy atom. The van der Waals surface area contributed by atoms with Crippen molar-refractivity contribution < 1.29 is 18.7 Å². The van der Waals surface area contributed by atoms with Gasteiger partial charge >= 0.3 is 6.09 Å². The summed E-state index contributed by atoms with van der Waals surface area (Å²) >= 11 is 0. The first kappa shape index (κ1) is 17.4. The largest absolute Gasteiger partial charge is 0.444 e. The third-order valence-electron chi connectivity index (χ3n) is 4.27. The monoisotopic (exact) mass is 344 g/mol. The molecule has 2 atom stereocenters. The van der Waals surface area contributed by atoms with Gasteiger partial charge in [0.1, 0.15) is 17.5 Å². The molecule has 5 nitrogen and oxygen atoms in total. The number of carbonyl (C=O) groups excluding carboxylic acids is 1. The summed E-state index contributed by atoms with van der Waals surface area (Å²) in [6, 6.07) is 6.08. The third-order valence-corrected chi connectivity index (χ3v) is 4.27. The topological polar surface area (TPSA) is 62.6 Å². The molecule has 2 bridgehead atoms. The number of halogens is 1. The molecule has 0 saturated carbocycles. The molecule has 1 saturated heterocycles. The Morgan fingerprint density at radius 3 is 2.80 bits per heavy atom. The third kappa shape index (κ3) is 3.52. The van der Waals surface area contributed by atoms with Crippen molar-refractivity contribution in [3.8, 4) is 6.07 Å². The molecular weight excluding hydrogens is 323 g/mol. The molecule has 0 aromatic heterocycles. The second-order valence-electron chi connectivity index (χ2n) is 7.32. The number of benzene rings is 1. The summed E-state index contributed by atoms with van der Waals surface area (Å²) in [6.07, 6.45) is 2.00. The summed E-state index contributed by atoms with van der Waals surface area (Å²) in [5.41, 5.74) is 0.920. The van der Waals surface area contributed by atoms with E-state index in [1.54, 1.807) is 17.0 Å². The highest BCUT2D eigenvalue weighted by atomic mass is 19.1. The minimum atomic E-state index is -0.577. The first-order valence-corrected chi connectivity index (χ1v) is 8.29. The van der Waals surface area contributed by atoms with Crippen LogP contribution in [0.15, 0.2) is 24.3 Å². The van der Waals surface area contributed by atoms with Crippen LogP contribution in [0.4, 0.5) is 9.18 Å². The molecule has 1 aromatic rings. The van der Waals surface area contributed by atoms with Crippen molar-refractivity contribution >= 4 is 11.7 Å². The fourth-order valence-corrected chi connectivity index (χ4v) is 3.30. The van der Waals surface area contributed by atoms with E-state index in [0.29, 0.717) is 25.2 Å². The molecule has 25 heavy (non-hydrogen) atoms. The Hall–Kier alpha value is -2.39. The zero-order valence-corrected chi connectivity index (χ0v) is 14.6. The average molecular weight is 344 g/mol. The highest BCUT2D eigenvalue weighted by Crippen LogP contribution is 2.35.